The molecule has 1 aliphatic rings. The molecule has 0 heterocycles. The van der Waals surface area contributed by atoms with Crippen LogP contribution in [-0.4, -0.2) is 19.8 Å². The monoisotopic (exact) mass is 261 g/mol. The summed E-state index contributed by atoms with van der Waals surface area (Å²) in [7, 11) is 0. The van der Waals surface area contributed by atoms with Crippen LogP contribution in [0.15, 0.2) is 24.3 Å². The van der Waals surface area contributed by atoms with Gasteiger partial charge in [-0.1, -0.05) is 45.0 Å². The second kappa shape index (κ2) is 6.53. The van der Waals surface area contributed by atoms with Gasteiger partial charge < -0.3 is 10.1 Å². The van der Waals surface area contributed by atoms with Gasteiger partial charge in [0.2, 0.25) is 0 Å². The summed E-state index contributed by atoms with van der Waals surface area (Å²) in [6.07, 6.45) is 3.37. The number of benzene rings is 1. The first-order valence-electron chi connectivity index (χ1n) is 7.54. The zero-order valence-corrected chi connectivity index (χ0v) is 12.5. The third-order valence-electron chi connectivity index (χ3n) is 3.96. The van der Waals surface area contributed by atoms with Gasteiger partial charge in [-0.15, -0.1) is 0 Å². The molecule has 0 aliphatic heterocycles. The van der Waals surface area contributed by atoms with E-state index in [4.69, 9.17) is 4.74 Å². The highest BCUT2D eigenvalue weighted by atomic mass is 16.5. The maximum Gasteiger partial charge on any atom is 0.0478 e. The van der Waals surface area contributed by atoms with Crippen molar-refractivity contribution in [3.05, 3.63) is 35.4 Å². The first-order chi connectivity index (χ1) is 9.15. The molecule has 1 aromatic rings. The number of ether oxygens (including phenoxy) is 1. The summed E-state index contributed by atoms with van der Waals surface area (Å²) in [6, 6.07) is 9.32. The molecule has 1 N–H and O–H groups in total. The number of fused-ring (bicyclic) bond motifs is 1. The summed E-state index contributed by atoms with van der Waals surface area (Å²) >= 11 is 0. The van der Waals surface area contributed by atoms with Gasteiger partial charge in [-0.25, -0.2) is 0 Å². The Morgan fingerprint density at radius 2 is 2.05 bits per heavy atom. The Hall–Kier alpha value is -0.860. The predicted octanol–water partition coefficient (Wildman–Crippen LogP) is 3.72. The zero-order chi connectivity index (χ0) is 13.7. The Labute approximate surface area is 117 Å². The summed E-state index contributed by atoms with van der Waals surface area (Å²) < 4.78 is 5.53. The van der Waals surface area contributed by atoms with Crippen molar-refractivity contribution in [3.63, 3.8) is 0 Å². The Bertz CT molecular complexity index is 400. The Morgan fingerprint density at radius 3 is 2.84 bits per heavy atom. The first-order valence-corrected chi connectivity index (χ1v) is 7.54. The summed E-state index contributed by atoms with van der Waals surface area (Å²) in [5.74, 6) is 0. The standard InChI is InChI=1S/C17H27NO/c1-4-11-19-12-7-10-18-16-15-9-6-5-8-14(15)13-17(16,2)3/h5-6,8-9,16,18H,4,7,10-13H2,1-3H3. The lowest BCUT2D eigenvalue weighted by molar-refractivity contribution is 0.130. The van der Waals surface area contributed by atoms with E-state index >= 15 is 0 Å². The Balaban J connectivity index is 1.85. The van der Waals surface area contributed by atoms with Gasteiger partial charge >= 0.3 is 0 Å². The fourth-order valence-electron chi connectivity index (χ4n) is 3.04. The van der Waals surface area contributed by atoms with Crippen molar-refractivity contribution in [3.8, 4) is 0 Å². The third kappa shape index (κ3) is 3.58. The van der Waals surface area contributed by atoms with Gasteiger partial charge in [-0.05, 0) is 42.3 Å². The van der Waals surface area contributed by atoms with Crippen LogP contribution in [0.2, 0.25) is 0 Å². The fraction of sp³-hybridized carbons (Fsp3) is 0.647. The van der Waals surface area contributed by atoms with E-state index < -0.39 is 0 Å². The van der Waals surface area contributed by atoms with Gasteiger partial charge in [0.25, 0.3) is 0 Å². The molecule has 0 saturated heterocycles. The van der Waals surface area contributed by atoms with Crippen molar-refractivity contribution in [2.75, 3.05) is 19.8 Å². The number of hydrogen-bond donors (Lipinski definition) is 1. The molecule has 2 nitrogen and oxygen atoms in total. The summed E-state index contributed by atoms with van der Waals surface area (Å²) in [5.41, 5.74) is 3.31. The lowest BCUT2D eigenvalue weighted by Gasteiger charge is -2.28. The minimum Gasteiger partial charge on any atom is -0.381 e. The van der Waals surface area contributed by atoms with E-state index in [1.54, 1.807) is 0 Å². The van der Waals surface area contributed by atoms with Crippen molar-refractivity contribution in [2.45, 2.75) is 46.1 Å². The number of rotatable bonds is 7. The second-order valence-electron chi connectivity index (χ2n) is 6.22. The molecule has 106 valence electrons. The summed E-state index contributed by atoms with van der Waals surface area (Å²) in [5, 5.41) is 3.72. The van der Waals surface area contributed by atoms with Gasteiger partial charge in [0.15, 0.2) is 0 Å². The van der Waals surface area contributed by atoms with Crippen LogP contribution in [0.25, 0.3) is 0 Å². The van der Waals surface area contributed by atoms with Crippen molar-refractivity contribution < 1.29 is 4.74 Å². The summed E-state index contributed by atoms with van der Waals surface area (Å²) in [6.45, 7) is 9.66. The molecule has 1 aromatic carbocycles. The van der Waals surface area contributed by atoms with E-state index in [0.717, 1.165) is 32.6 Å². The molecule has 2 rings (SSSR count). The SMILES string of the molecule is CCCOCCCNC1c2ccccc2CC1(C)C. The van der Waals surface area contributed by atoms with Gasteiger partial charge in [0.1, 0.15) is 0 Å². The normalized spacial score (nSPS) is 20.5. The van der Waals surface area contributed by atoms with E-state index in [2.05, 4.69) is 50.4 Å². The smallest absolute Gasteiger partial charge is 0.0478 e. The van der Waals surface area contributed by atoms with Gasteiger partial charge in [0, 0.05) is 19.3 Å². The largest absolute Gasteiger partial charge is 0.381 e. The molecular weight excluding hydrogens is 234 g/mol. The van der Waals surface area contributed by atoms with E-state index in [0.29, 0.717) is 11.5 Å². The zero-order valence-electron chi connectivity index (χ0n) is 12.5. The van der Waals surface area contributed by atoms with Crippen LogP contribution in [-0.2, 0) is 11.2 Å². The second-order valence-corrected chi connectivity index (χ2v) is 6.22. The highest BCUT2D eigenvalue weighted by molar-refractivity contribution is 5.37. The van der Waals surface area contributed by atoms with Crippen LogP contribution in [0.4, 0.5) is 0 Å². The van der Waals surface area contributed by atoms with Crippen molar-refractivity contribution >= 4 is 0 Å². The minimum atomic E-state index is 0.313. The van der Waals surface area contributed by atoms with Gasteiger partial charge in [-0.2, -0.15) is 0 Å². The Morgan fingerprint density at radius 1 is 1.26 bits per heavy atom. The van der Waals surface area contributed by atoms with Crippen molar-refractivity contribution in [1.82, 2.24) is 5.32 Å². The van der Waals surface area contributed by atoms with E-state index in [1.807, 2.05) is 0 Å². The van der Waals surface area contributed by atoms with Crippen molar-refractivity contribution in [2.24, 2.45) is 5.41 Å². The number of nitrogens with one attached hydrogen (secondary N) is 1. The van der Waals surface area contributed by atoms with E-state index in [9.17, 15) is 0 Å². The van der Waals surface area contributed by atoms with Crippen LogP contribution in [0.1, 0.15) is 50.8 Å². The molecule has 1 unspecified atom stereocenters. The topological polar surface area (TPSA) is 21.3 Å². The molecule has 0 aromatic heterocycles. The molecule has 1 aliphatic carbocycles. The van der Waals surface area contributed by atoms with Crippen LogP contribution in [0.5, 0.6) is 0 Å². The van der Waals surface area contributed by atoms with Crippen LogP contribution < -0.4 is 5.32 Å². The third-order valence-corrected chi connectivity index (χ3v) is 3.96. The summed E-state index contributed by atoms with van der Waals surface area (Å²) in [4.78, 5) is 0. The highest BCUT2D eigenvalue weighted by Crippen LogP contribution is 2.44. The quantitative estimate of drug-likeness (QED) is 0.755. The maximum atomic E-state index is 5.53. The van der Waals surface area contributed by atoms with Crippen LogP contribution in [0, 0.1) is 5.41 Å². The van der Waals surface area contributed by atoms with Crippen LogP contribution >= 0.6 is 0 Å². The minimum absolute atomic E-state index is 0.313. The molecule has 0 spiro atoms. The maximum absolute atomic E-state index is 5.53. The van der Waals surface area contributed by atoms with Gasteiger partial charge in [-0.3, -0.25) is 0 Å². The Kier molecular flexibility index (Phi) is 5.00. The molecule has 0 amide bonds. The van der Waals surface area contributed by atoms with E-state index in [1.165, 1.54) is 17.5 Å². The molecular formula is C17H27NO. The van der Waals surface area contributed by atoms with Crippen molar-refractivity contribution in [1.29, 1.82) is 0 Å². The van der Waals surface area contributed by atoms with E-state index in [-0.39, 0.29) is 0 Å². The fourth-order valence-corrected chi connectivity index (χ4v) is 3.04. The molecule has 0 saturated carbocycles. The highest BCUT2D eigenvalue weighted by Gasteiger charge is 2.37. The molecule has 2 heteroatoms. The first kappa shape index (κ1) is 14.5. The number of hydrogen-bond acceptors (Lipinski definition) is 2. The molecule has 0 fully saturated rings. The van der Waals surface area contributed by atoms with Crippen LogP contribution in [0.3, 0.4) is 0 Å². The lowest BCUT2D eigenvalue weighted by atomic mass is 9.85. The molecule has 1 atom stereocenters. The average molecular weight is 261 g/mol. The average Bonchev–Trinajstić information content (AvgIpc) is 2.64. The van der Waals surface area contributed by atoms with Gasteiger partial charge in [0.05, 0.1) is 0 Å². The molecule has 19 heavy (non-hydrogen) atoms. The molecule has 0 radical (unpaired) electrons. The predicted molar refractivity (Wildman–Crippen MR) is 80.4 cm³/mol. The lowest BCUT2D eigenvalue weighted by Crippen LogP contribution is -2.32. The molecule has 0 bridgehead atoms.